The number of sulfone groups is 1. The number of benzene rings is 1. The van der Waals surface area contributed by atoms with Crippen LogP contribution in [0.25, 0.3) is 0 Å². The Bertz CT molecular complexity index is 835. The molecular formula is C19H25NO7S. The number of hydrogen-bond donors (Lipinski definition) is 1. The van der Waals surface area contributed by atoms with Crippen molar-refractivity contribution in [3.8, 4) is 11.5 Å². The maximum absolute atomic E-state index is 12.1. The summed E-state index contributed by atoms with van der Waals surface area (Å²) in [6.07, 6.45) is 1.74. The van der Waals surface area contributed by atoms with E-state index in [1.807, 2.05) is 6.07 Å². The summed E-state index contributed by atoms with van der Waals surface area (Å²) >= 11 is 0. The van der Waals surface area contributed by atoms with Crippen molar-refractivity contribution in [3.05, 3.63) is 36.4 Å². The summed E-state index contributed by atoms with van der Waals surface area (Å²) in [5.41, 5.74) is 0.987. The zero-order valence-corrected chi connectivity index (χ0v) is 16.8. The molecule has 0 bridgehead atoms. The Morgan fingerprint density at radius 3 is 2.71 bits per heavy atom. The van der Waals surface area contributed by atoms with Gasteiger partial charge in [-0.1, -0.05) is 12.1 Å². The summed E-state index contributed by atoms with van der Waals surface area (Å²) in [5.74, 6) is -0.459. The van der Waals surface area contributed by atoms with Gasteiger partial charge in [0, 0.05) is 6.04 Å². The molecule has 0 spiro atoms. The van der Waals surface area contributed by atoms with E-state index in [0.29, 0.717) is 24.3 Å². The second-order valence-electron chi connectivity index (χ2n) is 6.51. The molecule has 0 aromatic heterocycles. The molecule has 1 N–H and O–H groups in total. The highest BCUT2D eigenvalue weighted by atomic mass is 32.2. The van der Waals surface area contributed by atoms with Crippen molar-refractivity contribution in [2.75, 3.05) is 25.2 Å². The average Bonchev–Trinajstić information content (AvgIpc) is 2.98. The van der Waals surface area contributed by atoms with E-state index in [1.165, 1.54) is 14.0 Å². The second-order valence-corrected chi connectivity index (χ2v) is 8.74. The van der Waals surface area contributed by atoms with Crippen LogP contribution in [0.4, 0.5) is 0 Å². The topological polar surface area (TPSA) is 108 Å². The van der Waals surface area contributed by atoms with Gasteiger partial charge in [-0.15, -0.1) is 6.58 Å². The van der Waals surface area contributed by atoms with E-state index in [2.05, 4.69) is 11.9 Å². The number of esters is 1. The Kier molecular flexibility index (Phi) is 7.45. The van der Waals surface area contributed by atoms with Crippen LogP contribution in [0.5, 0.6) is 11.5 Å². The van der Waals surface area contributed by atoms with Crippen LogP contribution in [0.1, 0.15) is 18.9 Å². The summed E-state index contributed by atoms with van der Waals surface area (Å²) < 4.78 is 38.6. The molecule has 0 radical (unpaired) electrons. The highest BCUT2D eigenvalue weighted by Crippen LogP contribution is 2.28. The molecule has 1 aromatic carbocycles. The summed E-state index contributed by atoms with van der Waals surface area (Å²) in [7, 11) is -1.61. The molecule has 1 amide bonds. The first kappa shape index (κ1) is 21.7. The molecule has 2 atom stereocenters. The van der Waals surface area contributed by atoms with Crippen molar-refractivity contribution in [1.29, 1.82) is 0 Å². The van der Waals surface area contributed by atoms with Crippen molar-refractivity contribution < 1.29 is 32.2 Å². The van der Waals surface area contributed by atoms with Gasteiger partial charge in [0.15, 0.2) is 34.0 Å². The Labute approximate surface area is 164 Å². The largest absolute Gasteiger partial charge is 0.493 e. The molecule has 1 fully saturated rings. The van der Waals surface area contributed by atoms with Crippen molar-refractivity contribution in [2.45, 2.75) is 31.9 Å². The highest BCUT2D eigenvalue weighted by Gasteiger charge is 2.30. The number of methoxy groups -OCH3 is 1. The number of nitrogens with one attached hydrogen (secondary N) is 1. The smallest absolute Gasteiger partial charge is 0.344 e. The number of hydrogen-bond acceptors (Lipinski definition) is 7. The lowest BCUT2D eigenvalue weighted by Crippen LogP contribution is -2.43. The molecule has 1 heterocycles. The van der Waals surface area contributed by atoms with E-state index in [1.54, 1.807) is 18.2 Å². The van der Waals surface area contributed by atoms with Crippen LogP contribution in [0.3, 0.4) is 0 Å². The number of amides is 1. The summed E-state index contributed by atoms with van der Waals surface area (Å²) in [5, 5.41) is 2.59. The van der Waals surface area contributed by atoms with Crippen molar-refractivity contribution in [1.82, 2.24) is 5.32 Å². The summed E-state index contributed by atoms with van der Waals surface area (Å²) in [6, 6.07) is 4.85. The average molecular weight is 411 g/mol. The van der Waals surface area contributed by atoms with Gasteiger partial charge in [-0.2, -0.15) is 0 Å². The molecule has 9 heteroatoms. The van der Waals surface area contributed by atoms with Crippen LogP contribution in [0.15, 0.2) is 30.9 Å². The Balaban J connectivity index is 1.83. The van der Waals surface area contributed by atoms with Crippen molar-refractivity contribution in [3.63, 3.8) is 0 Å². The number of carbonyl (C=O) groups is 2. The Morgan fingerprint density at radius 2 is 2.11 bits per heavy atom. The summed E-state index contributed by atoms with van der Waals surface area (Å²) in [6.45, 7) is 4.70. The molecule has 1 aliphatic heterocycles. The van der Waals surface area contributed by atoms with Gasteiger partial charge < -0.3 is 19.5 Å². The van der Waals surface area contributed by atoms with E-state index < -0.39 is 40.5 Å². The molecule has 1 saturated heterocycles. The van der Waals surface area contributed by atoms with Gasteiger partial charge in [0.1, 0.15) is 0 Å². The Morgan fingerprint density at radius 1 is 1.36 bits per heavy atom. The third kappa shape index (κ3) is 6.26. The number of carbonyl (C=O) groups excluding carboxylic acids is 2. The third-order valence-electron chi connectivity index (χ3n) is 4.21. The third-order valence-corrected chi connectivity index (χ3v) is 5.98. The van der Waals surface area contributed by atoms with Crippen LogP contribution < -0.4 is 14.8 Å². The van der Waals surface area contributed by atoms with Gasteiger partial charge in [-0.05, 0) is 37.5 Å². The van der Waals surface area contributed by atoms with Crippen LogP contribution in [-0.2, 0) is 30.6 Å². The first-order valence-electron chi connectivity index (χ1n) is 8.85. The number of ether oxygens (including phenoxy) is 3. The molecule has 28 heavy (non-hydrogen) atoms. The molecule has 2 rings (SSSR count). The van der Waals surface area contributed by atoms with Gasteiger partial charge in [0.05, 0.1) is 18.6 Å². The zero-order valence-electron chi connectivity index (χ0n) is 16.0. The lowest BCUT2D eigenvalue weighted by atomic mass is 10.1. The predicted octanol–water partition coefficient (Wildman–Crippen LogP) is 1.04. The van der Waals surface area contributed by atoms with Crippen LogP contribution in [0, 0.1) is 0 Å². The SMILES string of the molecule is C=CCc1ccc(OCC(=O)O[C@H](C)C(=O)N[C@@H]2CCS(=O)(=O)C2)c(OC)c1. The first-order chi connectivity index (χ1) is 13.2. The minimum Gasteiger partial charge on any atom is -0.493 e. The fourth-order valence-corrected chi connectivity index (χ4v) is 4.45. The minimum atomic E-state index is -3.10. The van der Waals surface area contributed by atoms with Crippen LogP contribution >= 0.6 is 0 Å². The maximum atomic E-state index is 12.1. The van der Waals surface area contributed by atoms with Crippen LogP contribution in [-0.4, -0.2) is 57.7 Å². The molecule has 0 saturated carbocycles. The van der Waals surface area contributed by atoms with Gasteiger partial charge in [0.25, 0.3) is 5.91 Å². The lowest BCUT2D eigenvalue weighted by Gasteiger charge is -2.17. The van der Waals surface area contributed by atoms with E-state index >= 15 is 0 Å². The fourth-order valence-electron chi connectivity index (χ4n) is 2.77. The first-order valence-corrected chi connectivity index (χ1v) is 10.7. The molecular weight excluding hydrogens is 386 g/mol. The van der Waals surface area contributed by atoms with Gasteiger partial charge >= 0.3 is 5.97 Å². The van der Waals surface area contributed by atoms with E-state index in [9.17, 15) is 18.0 Å². The molecule has 0 aliphatic carbocycles. The van der Waals surface area contributed by atoms with E-state index in [-0.39, 0.29) is 11.5 Å². The normalized spacial score (nSPS) is 18.7. The van der Waals surface area contributed by atoms with Crippen LogP contribution in [0.2, 0.25) is 0 Å². The Hall–Kier alpha value is -2.55. The molecule has 8 nitrogen and oxygen atoms in total. The van der Waals surface area contributed by atoms with Crippen molar-refractivity contribution >= 4 is 21.7 Å². The van der Waals surface area contributed by atoms with Gasteiger partial charge in [-0.3, -0.25) is 4.79 Å². The number of rotatable bonds is 9. The summed E-state index contributed by atoms with van der Waals surface area (Å²) in [4.78, 5) is 24.0. The highest BCUT2D eigenvalue weighted by molar-refractivity contribution is 7.91. The molecule has 0 unspecified atom stereocenters. The standard InChI is InChI=1S/C19H25NO7S/c1-4-5-14-6-7-16(17(10-14)25-3)26-11-18(21)27-13(2)19(22)20-15-8-9-28(23,24)12-15/h4,6-7,10,13,15H,1,5,8-9,11-12H2,2-3H3,(H,20,22)/t13-,15-/m1/s1. The molecule has 1 aromatic rings. The van der Waals surface area contributed by atoms with Gasteiger partial charge in [-0.25, -0.2) is 13.2 Å². The van der Waals surface area contributed by atoms with Crippen molar-refractivity contribution in [2.24, 2.45) is 0 Å². The minimum absolute atomic E-state index is 0.0490. The lowest BCUT2D eigenvalue weighted by molar-refractivity contribution is -0.156. The van der Waals surface area contributed by atoms with Gasteiger partial charge in [0.2, 0.25) is 0 Å². The fraction of sp³-hybridized carbons (Fsp3) is 0.474. The van der Waals surface area contributed by atoms with E-state index in [4.69, 9.17) is 14.2 Å². The number of allylic oxidation sites excluding steroid dienone is 1. The molecule has 154 valence electrons. The zero-order chi connectivity index (χ0) is 20.7. The predicted molar refractivity (Wildman–Crippen MR) is 103 cm³/mol. The monoisotopic (exact) mass is 411 g/mol. The second kappa shape index (κ2) is 9.59. The quantitative estimate of drug-likeness (QED) is 0.478. The molecule has 1 aliphatic rings. The van der Waals surface area contributed by atoms with E-state index in [0.717, 1.165) is 5.56 Å². The maximum Gasteiger partial charge on any atom is 0.344 e.